The van der Waals surface area contributed by atoms with E-state index in [2.05, 4.69) is 19.3 Å². The van der Waals surface area contributed by atoms with Crippen LogP contribution in [-0.2, 0) is 11.2 Å². The van der Waals surface area contributed by atoms with E-state index >= 15 is 0 Å². The van der Waals surface area contributed by atoms with Crippen LogP contribution in [0.15, 0.2) is 41.8 Å². The summed E-state index contributed by atoms with van der Waals surface area (Å²) in [5.41, 5.74) is 0.302. The normalized spacial score (nSPS) is 13.7. The number of hydrogen-bond acceptors (Lipinski definition) is 9. The Hall–Kier alpha value is -4.06. The fraction of sp³-hybridized carbons (Fsp3) is 0.261. The molecule has 1 aliphatic rings. The predicted octanol–water partition coefficient (Wildman–Crippen LogP) is 2.42. The number of nitrogens with zero attached hydrogens (tertiary/aromatic N) is 6. The maximum atomic E-state index is 13.8. The lowest BCUT2D eigenvalue weighted by Gasteiger charge is -2.39. The number of hydrogen-bond donors (Lipinski definition) is 1. The summed E-state index contributed by atoms with van der Waals surface area (Å²) in [4.78, 5) is 51.6. The Kier molecular flexibility index (Phi) is 5.81. The first-order chi connectivity index (χ1) is 16.8. The summed E-state index contributed by atoms with van der Waals surface area (Å²) in [6, 6.07) is 3.29. The van der Waals surface area contributed by atoms with E-state index in [-0.39, 0.29) is 34.7 Å². The summed E-state index contributed by atoms with van der Waals surface area (Å²) in [6.07, 6.45) is 5.74. The summed E-state index contributed by atoms with van der Waals surface area (Å²) < 4.78 is 19.2. The van der Waals surface area contributed by atoms with Gasteiger partial charge in [-0.1, -0.05) is 0 Å². The molecule has 1 saturated heterocycles. The smallest absolute Gasteiger partial charge is 0.341 e. The summed E-state index contributed by atoms with van der Waals surface area (Å²) >= 11 is 1.04. The van der Waals surface area contributed by atoms with Crippen LogP contribution in [0.25, 0.3) is 16.2 Å². The number of pyridine rings is 3. The van der Waals surface area contributed by atoms with Crippen LogP contribution in [0.4, 0.5) is 10.2 Å². The molecule has 0 aliphatic carbocycles. The number of carboxylic acid groups (broad SMARTS) is 1. The van der Waals surface area contributed by atoms with Crippen molar-refractivity contribution >= 4 is 40.1 Å². The quantitative estimate of drug-likeness (QED) is 0.411. The van der Waals surface area contributed by atoms with Gasteiger partial charge in [-0.05, 0) is 36.6 Å². The van der Waals surface area contributed by atoms with Crippen molar-refractivity contribution in [2.75, 3.05) is 18.0 Å². The molecule has 0 bridgehead atoms. The van der Waals surface area contributed by atoms with Gasteiger partial charge in [0.05, 0.1) is 17.5 Å². The van der Waals surface area contributed by atoms with Gasteiger partial charge in [0.2, 0.25) is 10.6 Å². The molecule has 0 atom stereocenters. The first-order valence-electron chi connectivity index (χ1n) is 10.8. The Morgan fingerprint density at radius 1 is 1.31 bits per heavy atom. The standard InChI is InChI=1S/C23H19FN6O4S/c1-12-6-18(29-8-14(9-29)17(31)3-2-13-4-5-25-7-16(13)24)28-21-19(12)20(32)15(22(33)34)10-30(21)23-26-11-27-35-23/h4-7,10-11,14H,2-3,8-9H2,1H3,(H,33,34). The lowest BCUT2D eigenvalue weighted by atomic mass is 9.91. The van der Waals surface area contributed by atoms with Crippen LogP contribution < -0.4 is 10.3 Å². The minimum atomic E-state index is -1.34. The second-order valence-corrected chi connectivity index (χ2v) is 9.06. The number of anilines is 1. The van der Waals surface area contributed by atoms with Crippen LogP contribution in [0, 0.1) is 18.7 Å². The van der Waals surface area contributed by atoms with Gasteiger partial charge in [-0.15, -0.1) is 0 Å². The zero-order valence-electron chi connectivity index (χ0n) is 18.5. The molecule has 1 N–H and O–H groups in total. The van der Waals surface area contributed by atoms with E-state index in [4.69, 9.17) is 0 Å². The molecule has 0 unspecified atom stereocenters. The number of aromatic nitrogens is 5. The SMILES string of the molecule is Cc1cc(N2CC(C(=O)CCc3ccncc3F)C2)nc2c1c(=O)c(C(=O)O)cn2-c1ncns1. The first kappa shape index (κ1) is 22.7. The largest absolute Gasteiger partial charge is 0.477 e. The molecule has 5 heterocycles. The highest BCUT2D eigenvalue weighted by molar-refractivity contribution is 7.08. The maximum Gasteiger partial charge on any atom is 0.341 e. The van der Waals surface area contributed by atoms with Gasteiger partial charge in [-0.2, -0.15) is 4.37 Å². The topological polar surface area (TPSA) is 131 Å². The van der Waals surface area contributed by atoms with Crippen LogP contribution in [0.5, 0.6) is 0 Å². The highest BCUT2D eigenvalue weighted by Gasteiger charge is 2.33. The monoisotopic (exact) mass is 494 g/mol. The zero-order valence-corrected chi connectivity index (χ0v) is 19.3. The Balaban J connectivity index is 1.40. The second kappa shape index (κ2) is 8.95. The number of carbonyl (C=O) groups excluding carboxylic acids is 1. The lowest BCUT2D eigenvalue weighted by molar-refractivity contribution is -0.123. The molecule has 0 spiro atoms. The highest BCUT2D eigenvalue weighted by atomic mass is 32.1. The van der Waals surface area contributed by atoms with Crippen molar-refractivity contribution in [2.24, 2.45) is 5.92 Å². The van der Waals surface area contributed by atoms with Crippen molar-refractivity contribution in [2.45, 2.75) is 19.8 Å². The molecule has 35 heavy (non-hydrogen) atoms. The second-order valence-electron chi connectivity index (χ2n) is 8.30. The van der Waals surface area contributed by atoms with E-state index in [0.29, 0.717) is 41.6 Å². The molecule has 4 aromatic heterocycles. The van der Waals surface area contributed by atoms with Gasteiger partial charge >= 0.3 is 5.97 Å². The average Bonchev–Trinajstić information content (AvgIpc) is 3.32. The van der Waals surface area contributed by atoms with Gasteiger partial charge in [-0.3, -0.25) is 19.1 Å². The average molecular weight is 495 g/mol. The van der Waals surface area contributed by atoms with Crippen molar-refractivity contribution in [3.8, 4) is 5.13 Å². The fourth-order valence-electron chi connectivity index (χ4n) is 4.15. The predicted molar refractivity (Wildman–Crippen MR) is 126 cm³/mol. The van der Waals surface area contributed by atoms with Gasteiger partial charge in [0, 0.05) is 43.4 Å². The van der Waals surface area contributed by atoms with Crippen LogP contribution in [0.2, 0.25) is 0 Å². The van der Waals surface area contributed by atoms with Crippen molar-refractivity contribution in [3.63, 3.8) is 0 Å². The third-order valence-electron chi connectivity index (χ3n) is 6.09. The number of carboxylic acids is 1. The summed E-state index contributed by atoms with van der Waals surface area (Å²) in [7, 11) is 0. The molecule has 12 heteroatoms. The summed E-state index contributed by atoms with van der Waals surface area (Å²) in [5, 5.41) is 10.1. The number of halogens is 1. The molecule has 10 nitrogen and oxygen atoms in total. The fourth-order valence-corrected chi connectivity index (χ4v) is 4.66. The highest BCUT2D eigenvalue weighted by Crippen LogP contribution is 2.29. The van der Waals surface area contributed by atoms with E-state index in [1.807, 2.05) is 4.90 Å². The van der Waals surface area contributed by atoms with Crippen LogP contribution >= 0.6 is 11.5 Å². The molecule has 0 radical (unpaired) electrons. The minimum Gasteiger partial charge on any atom is -0.477 e. The third kappa shape index (κ3) is 4.16. The Bertz CT molecular complexity index is 1510. The van der Waals surface area contributed by atoms with Crippen molar-refractivity contribution in [1.29, 1.82) is 0 Å². The van der Waals surface area contributed by atoms with Crippen LogP contribution in [0.1, 0.15) is 27.9 Å². The molecule has 4 aromatic rings. The Morgan fingerprint density at radius 2 is 2.11 bits per heavy atom. The van der Waals surface area contributed by atoms with Crippen LogP contribution in [0.3, 0.4) is 0 Å². The number of carbonyl (C=O) groups is 2. The number of ketones is 1. The maximum absolute atomic E-state index is 13.8. The van der Waals surface area contributed by atoms with E-state index in [0.717, 1.165) is 17.7 Å². The molecule has 0 aromatic carbocycles. The van der Waals surface area contributed by atoms with Gasteiger partial charge < -0.3 is 10.0 Å². The van der Waals surface area contributed by atoms with Crippen molar-refractivity contribution < 1.29 is 19.1 Å². The number of aromatic carboxylic acids is 1. The molecule has 1 aliphatic heterocycles. The number of aryl methyl sites for hydroxylation is 2. The Morgan fingerprint density at radius 3 is 2.80 bits per heavy atom. The van der Waals surface area contributed by atoms with Gasteiger partial charge in [0.15, 0.2) is 5.65 Å². The van der Waals surface area contributed by atoms with E-state index in [1.54, 1.807) is 19.1 Å². The van der Waals surface area contributed by atoms with Crippen molar-refractivity contribution in [1.82, 2.24) is 23.9 Å². The molecule has 0 amide bonds. The van der Waals surface area contributed by atoms with Gasteiger partial charge in [0.1, 0.15) is 29.3 Å². The first-order valence-corrected chi connectivity index (χ1v) is 11.5. The van der Waals surface area contributed by atoms with Crippen LogP contribution in [-0.4, -0.2) is 53.8 Å². The minimum absolute atomic E-state index is 0.0480. The van der Waals surface area contributed by atoms with Gasteiger partial charge in [-0.25, -0.2) is 19.2 Å². The summed E-state index contributed by atoms with van der Waals surface area (Å²) in [6.45, 7) is 2.62. The molecular weight excluding hydrogens is 475 g/mol. The van der Waals surface area contributed by atoms with Gasteiger partial charge in [0.25, 0.3) is 0 Å². The molecule has 1 fully saturated rings. The number of fused-ring (bicyclic) bond motifs is 1. The summed E-state index contributed by atoms with van der Waals surface area (Å²) in [5.74, 6) is -1.34. The number of Topliss-reactive ketones (excluding diaryl/α,β-unsaturated/α-hetero) is 1. The number of rotatable bonds is 7. The van der Waals surface area contributed by atoms with E-state index < -0.39 is 17.2 Å². The van der Waals surface area contributed by atoms with E-state index in [1.165, 1.54) is 23.3 Å². The third-order valence-corrected chi connectivity index (χ3v) is 6.75. The lowest BCUT2D eigenvalue weighted by Crippen LogP contribution is -2.51. The zero-order chi connectivity index (χ0) is 24.7. The van der Waals surface area contributed by atoms with Crippen molar-refractivity contribution in [3.05, 3.63) is 69.8 Å². The molecule has 178 valence electrons. The molecule has 5 rings (SSSR count). The van der Waals surface area contributed by atoms with E-state index in [9.17, 15) is 23.9 Å². The Labute approximate surface area is 201 Å². The molecular formula is C23H19FN6O4S. The molecule has 0 saturated carbocycles.